The monoisotopic (exact) mass is 292 g/mol. The zero-order valence-electron chi connectivity index (χ0n) is 11.4. The Labute approximate surface area is 121 Å². The molecule has 0 saturated heterocycles. The van der Waals surface area contributed by atoms with Crippen molar-refractivity contribution in [1.82, 2.24) is 20.5 Å². The first-order valence-electron chi connectivity index (χ1n) is 6.39. The lowest BCUT2D eigenvalue weighted by Crippen LogP contribution is -2.31. The molecule has 0 bridgehead atoms. The lowest BCUT2D eigenvalue weighted by molar-refractivity contribution is -0.120. The molecule has 106 valence electrons. The third-order valence-corrected chi connectivity index (χ3v) is 3.45. The van der Waals surface area contributed by atoms with Gasteiger partial charge in [-0.05, 0) is 25.5 Å². The summed E-state index contributed by atoms with van der Waals surface area (Å²) in [4.78, 5) is 15.7. The highest BCUT2D eigenvalue weighted by molar-refractivity contribution is 8.00. The topological polar surface area (TPSA) is 80.9 Å². The van der Waals surface area contributed by atoms with Crippen LogP contribution in [0.5, 0.6) is 0 Å². The van der Waals surface area contributed by atoms with Gasteiger partial charge in [0.2, 0.25) is 11.8 Å². The molecule has 0 aliphatic carbocycles. The van der Waals surface area contributed by atoms with Gasteiger partial charge in [0, 0.05) is 18.9 Å². The number of thioether (sulfide) groups is 1. The number of amides is 1. The van der Waals surface area contributed by atoms with Crippen molar-refractivity contribution in [3.8, 4) is 11.5 Å². The Hall–Kier alpha value is -1.89. The Kier molecular flexibility index (Phi) is 5.11. The summed E-state index contributed by atoms with van der Waals surface area (Å²) in [7, 11) is 0. The molecule has 0 aliphatic heterocycles. The highest BCUT2D eigenvalue weighted by Crippen LogP contribution is 2.25. The van der Waals surface area contributed by atoms with Gasteiger partial charge in [0.25, 0.3) is 5.22 Å². The number of hydrogen-bond acceptors (Lipinski definition) is 6. The van der Waals surface area contributed by atoms with Crippen molar-refractivity contribution in [2.45, 2.75) is 30.7 Å². The van der Waals surface area contributed by atoms with E-state index in [4.69, 9.17) is 4.42 Å². The van der Waals surface area contributed by atoms with Gasteiger partial charge in [-0.3, -0.25) is 9.78 Å². The van der Waals surface area contributed by atoms with E-state index in [1.54, 1.807) is 18.5 Å². The van der Waals surface area contributed by atoms with Crippen molar-refractivity contribution >= 4 is 17.7 Å². The summed E-state index contributed by atoms with van der Waals surface area (Å²) in [6, 6.07) is 3.64. The summed E-state index contributed by atoms with van der Waals surface area (Å²) in [5, 5.41) is 10.8. The standard InChI is InChI=1S/C13H16N4O2S/c1-3-6-15-11(18)9(2)20-13-17-16-12(19-13)10-5-4-7-14-8-10/h4-5,7-9H,3,6H2,1-2H3,(H,15,18)/t9-/m0/s1. The molecule has 1 N–H and O–H groups in total. The minimum atomic E-state index is -0.274. The van der Waals surface area contributed by atoms with Crippen LogP contribution in [0, 0.1) is 0 Å². The van der Waals surface area contributed by atoms with Crippen LogP contribution >= 0.6 is 11.8 Å². The van der Waals surface area contributed by atoms with Gasteiger partial charge < -0.3 is 9.73 Å². The number of carbonyl (C=O) groups is 1. The van der Waals surface area contributed by atoms with Crippen molar-refractivity contribution in [3.05, 3.63) is 24.5 Å². The quantitative estimate of drug-likeness (QED) is 0.822. The Balaban J connectivity index is 1.98. The van der Waals surface area contributed by atoms with Gasteiger partial charge in [-0.15, -0.1) is 10.2 Å². The minimum absolute atomic E-state index is 0.0297. The predicted molar refractivity (Wildman–Crippen MR) is 76.1 cm³/mol. The molecule has 0 saturated carbocycles. The van der Waals surface area contributed by atoms with Crippen LogP contribution in [0.25, 0.3) is 11.5 Å². The zero-order valence-corrected chi connectivity index (χ0v) is 12.2. The van der Waals surface area contributed by atoms with Crippen LogP contribution in [0.1, 0.15) is 20.3 Å². The van der Waals surface area contributed by atoms with Crippen molar-refractivity contribution in [2.75, 3.05) is 6.54 Å². The normalized spacial score (nSPS) is 12.1. The molecule has 0 aliphatic rings. The number of nitrogens with zero attached hydrogens (tertiary/aromatic N) is 3. The number of carbonyl (C=O) groups excluding carboxylic acids is 1. The zero-order chi connectivity index (χ0) is 14.4. The maximum absolute atomic E-state index is 11.8. The van der Waals surface area contributed by atoms with E-state index in [9.17, 15) is 4.79 Å². The molecule has 2 aromatic heterocycles. The van der Waals surface area contributed by atoms with Crippen LogP contribution in [-0.4, -0.2) is 32.9 Å². The molecule has 0 fully saturated rings. The fraction of sp³-hybridized carbons (Fsp3) is 0.385. The van der Waals surface area contributed by atoms with E-state index < -0.39 is 0 Å². The lowest BCUT2D eigenvalue weighted by Gasteiger charge is -2.08. The van der Waals surface area contributed by atoms with E-state index in [1.165, 1.54) is 11.8 Å². The van der Waals surface area contributed by atoms with E-state index >= 15 is 0 Å². The third kappa shape index (κ3) is 3.80. The number of hydrogen-bond donors (Lipinski definition) is 1. The molecule has 6 nitrogen and oxygen atoms in total. The van der Waals surface area contributed by atoms with Gasteiger partial charge in [-0.1, -0.05) is 18.7 Å². The molecular formula is C13H16N4O2S. The average Bonchev–Trinajstić information content (AvgIpc) is 2.94. The van der Waals surface area contributed by atoms with Gasteiger partial charge in [0.1, 0.15) is 0 Å². The summed E-state index contributed by atoms with van der Waals surface area (Å²) >= 11 is 1.24. The van der Waals surface area contributed by atoms with Gasteiger partial charge in [-0.25, -0.2) is 0 Å². The van der Waals surface area contributed by atoms with Crippen LogP contribution in [-0.2, 0) is 4.79 Å². The van der Waals surface area contributed by atoms with Crippen molar-refractivity contribution < 1.29 is 9.21 Å². The molecule has 20 heavy (non-hydrogen) atoms. The van der Waals surface area contributed by atoms with E-state index in [2.05, 4.69) is 20.5 Å². The second kappa shape index (κ2) is 7.04. The van der Waals surface area contributed by atoms with Crippen LogP contribution in [0.2, 0.25) is 0 Å². The van der Waals surface area contributed by atoms with E-state index in [0.29, 0.717) is 17.7 Å². The smallest absolute Gasteiger partial charge is 0.277 e. The summed E-state index contributed by atoms with van der Waals surface area (Å²) in [6.45, 7) is 4.49. The lowest BCUT2D eigenvalue weighted by atomic mass is 10.3. The average molecular weight is 292 g/mol. The minimum Gasteiger partial charge on any atom is -0.411 e. The van der Waals surface area contributed by atoms with E-state index in [-0.39, 0.29) is 11.2 Å². The number of rotatable bonds is 6. The Bertz CT molecular complexity index is 559. The molecule has 0 radical (unpaired) electrons. The molecule has 1 atom stereocenters. The van der Waals surface area contributed by atoms with Gasteiger partial charge in [0.15, 0.2) is 0 Å². The van der Waals surface area contributed by atoms with Crippen LogP contribution in [0.4, 0.5) is 0 Å². The molecule has 2 aromatic rings. The fourth-order valence-corrected chi connectivity index (χ4v) is 2.17. The predicted octanol–water partition coefficient (Wildman–Crippen LogP) is 2.14. The van der Waals surface area contributed by atoms with Gasteiger partial charge in [0.05, 0.1) is 10.8 Å². The fourth-order valence-electron chi connectivity index (χ4n) is 1.46. The number of pyridine rings is 1. The molecular weight excluding hydrogens is 276 g/mol. The van der Waals surface area contributed by atoms with Crippen LogP contribution in [0.15, 0.2) is 34.2 Å². The Morgan fingerprint density at radius 3 is 3.05 bits per heavy atom. The summed E-state index contributed by atoms with van der Waals surface area (Å²) in [5.74, 6) is 0.375. The molecule has 2 heterocycles. The highest BCUT2D eigenvalue weighted by Gasteiger charge is 2.18. The molecule has 0 aromatic carbocycles. The van der Waals surface area contributed by atoms with Gasteiger partial charge in [-0.2, -0.15) is 0 Å². The molecule has 2 rings (SSSR count). The van der Waals surface area contributed by atoms with Crippen molar-refractivity contribution in [3.63, 3.8) is 0 Å². The maximum atomic E-state index is 11.8. The first-order chi connectivity index (χ1) is 9.70. The third-order valence-electron chi connectivity index (χ3n) is 2.51. The van der Waals surface area contributed by atoms with Crippen LogP contribution in [0.3, 0.4) is 0 Å². The largest absolute Gasteiger partial charge is 0.411 e. The maximum Gasteiger partial charge on any atom is 0.277 e. The Morgan fingerprint density at radius 1 is 1.50 bits per heavy atom. The summed E-state index contributed by atoms with van der Waals surface area (Å²) < 4.78 is 5.52. The second-order valence-electron chi connectivity index (χ2n) is 4.17. The van der Waals surface area contributed by atoms with E-state index in [1.807, 2.05) is 19.9 Å². The first kappa shape index (κ1) is 14.5. The number of aromatic nitrogens is 3. The SMILES string of the molecule is CCCNC(=O)[C@H](C)Sc1nnc(-c2cccnc2)o1. The Morgan fingerprint density at radius 2 is 2.35 bits per heavy atom. The summed E-state index contributed by atoms with van der Waals surface area (Å²) in [5.41, 5.74) is 0.759. The van der Waals surface area contributed by atoms with E-state index in [0.717, 1.165) is 12.0 Å². The summed E-state index contributed by atoms with van der Waals surface area (Å²) in [6.07, 6.45) is 4.24. The second-order valence-corrected chi connectivity index (χ2v) is 5.46. The molecule has 0 unspecified atom stereocenters. The highest BCUT2D eigenvalue weighted by atomic mass is 32.2. The van der Waals surface area contributed by atoms with Crippen LogP contribution < -0.4 is 5.32 Å². The molecule has 1 amide bonds. The molecule has 0 spiro atoms. The van der Waals surface area contributed by atoms with Crippen molar-refractivity contribution in [1.29, 1.82) is 0 Å². The first-order valence-corrected chi connectivity index (χ1v) is 7.27. The van der Waals surface area contributed by atoms with Gasteiger partial charge >= 0.3 is 0 Å². The number of nitrogens with one attached hydrogen (secondary N) is 1. The van der Waals surface area contributed by atoms with Crippen molar-refractivity contribution in [2.24, 2.45) is 0 Å². The molecule has 7 heteroatoms.